The van der Waals surface area contributed by atoms with Crippen molar-refractivity contribution in [2.45, 2.75) is 26.1 Å². The molecule has 2 nitrogen and oxygen atoms in total. The second-order valence-corrected chi connectivity index (χ2v) is 4.41. The Morgan fingerprint density at radius 2 is 2.38 bits per heavy atom. The lowest BCUT2D eigenvalue weighted by molar-refractivity contribution is 0.952. The molecule has 0 aliphatic heterocycles. The molecule has 0 aliphatic rings. The summed E-state index contributed by atoms with van der Waals surface area (Å²) in [6.07, 6.45) is 2.89. The maximum atomic E-state index is 5.83. The van der Waals surface area contributed by atoms with Crippen LogP contribution in [-0.4, -0.2) is 9.38 Å². The van der Waals surface area contributed by atoms with Crippen LogP contribution in [0.5, 0.6) is 0 Å². The average Bonchev–Trinajstić information content (AvgIpc) is 2.62. The fourth-order valence-electron chi connectivity index (χ4n) is 1.58. The molecule has 4 heteroatoms. The van der Waals surface area contributed by atoms with Crippen LogP contribution in [0.2, 0.25) is 0 Å². The maximum Gasteiger partial charge on any atom is 0.194 e. The van der Waals surface area contributed by atoms with Gasteiger partial charge < -0.3 is 0 Å². The fraction of sp³-hybridized carbons (Fsp3) is 0.444. The van der Waals surface area contributed by atoms with Crippen molar-refractivity contribution >= 4 is 27.9 Å². The third kappa shape index (κ3) is 1.27. The van der Waals surface area contributed by atoms with Crippen molar-refractivity contribution in [1.29, 1.82) is 0 Å². The summed E-state index contributed by atoms with van der Waals surface area (Å²) in [5.74, 6) is 0.532. The molecule has 0 unspecified atom stereocenters. The van der Waals surface area contributed by atoms with E-state index in [1.165, 1.54) is 10.6 Å². The van der Waals surface area contributed by atoms with E-state index in [9.17, 15) is 0 Å². The number of imidazole rings is 1. The highest BCUT2D eigenvalue weighted by atomic mass is 35.5. The minimum absolute atomic E-state index is 0.532. The van der Waals surface area contributed by atoms with Crippen molar-refractivity contribution in [3.63, 3.8) is 0 Å². The average molecular weight is 215 g/mol. The summed E-state index contributed by atoms with van der Waals surface area (Å²) >= 11 is 7.56. The monoisotopic (exact) mass is 214 g/mol. The predicted molar refractivity (Wildman–Crippen MR) is 56.7 cm³/mol. The van der Waals surface area contributed by atoms with Gasteiger partial charge in [-0.2, -0.15) is 0 Å². The molecule has 0 N–H and O–H groups in total. The lowest BCUT2D eigenvalue weighted by Crippen LogP contribution is -1.94. The van der Waals surface area contributed by atoms with Crippen LogP contribution in [0.1, 0.15) is 23.2 Å². The standard InChI is InChI=1S/C9H11ClN2S/c1-3-8-6(2)13-9-11-5-7(4-10)12(8)9/h5H,3-4H2,1-2H3. The molecule has 2 aromatic heterocycles. The molecule has 0 spiro atoms. The molecule has 0 amide bonds. The van der Waals surface area contributed by atoms with Gasteiger partial charge in [-0.25, -0.2) is 4.98 Å². The van der Waals surface area contributed by atoms with E-state index in [0.717, 1.165) is 17.1 Å². The van der Waals surface area contributed by atoms with E-state index in [1.54, 1.807) is 11.3 Å². The van der Waals surface area contributed by atoms with Crippen LogP contribution in [0, 0.1) is 6.92 Å². The van der Waals surface area contributed by atoms with Crippen molar-refractivity contribution in [2.24, 2.45) is 0 Å². The molecule has 0 fully saturated rings. The number of rotatable bonds is 2. The number of aromatic nitrogens is 2. The van der Waals surface area contributed by atoms with Crippen LogP contribution in [0.15, 0.2) is 6.20 Å². The van der Waals surface area contributed by atoms with E-state index in [0.29, 0.717) is 5.88 Å². The summed E-state index contributed by atoms with van der Waals surface area (Å²) in [4.78, 5) is 6.72. The van der Waals surface area contributed by atoms with Crippen molar-refractivity contribution in [3.05, 3.63) is 22.5 Å². The molecule has 0 saturated carbocycles. The first kappa shape index (κ1) is 9.03. The Kier molecular flexibility index (Phi) is 2.30. The summed E-state index contributed by atoms with van der Waals surface area (Å²) in [5.41, 5.74) is 2.44. The maximum absolute atomic E-state index is 5.83. The van der Waals surface area contributed by atoms with Crippen molar-refractivity contribution in [1.82, 2.24) is 9.38 Å². The molecule has 0 aromatic carbocycles. The molecule has 0 bridgehead atoms. The van der Waals surface area contributed by atoms with Gasteiger partial charge in [0, 0.05) is 10.6 Å². The van der Waals surface area contributed by atoms with Gasteiger partial charge in [-0.15, -0.1) is 22.9 Å². The molecule has 0 atom stereocenters. The Balaban J connectivity index is 2.76. The van der Waals surface area contributed by atoms with Crippen LogP contribution in [0.3, 0.4) is 0 Å². The molecular weight excluding hydrogens is 204 g/mol. The van der Waals surface area contributed by atoms with Crippen LogP contribution in [0.4, 0.5) is 0 Å². The highest BCUT2D eigenvalue weighted by Gasteiger charge is 2.11. The quantitative estimate of drug-likeness (QED) is 0.703. The third-order valence-electron chi connectivity index (χ3n) is 2.20. The van der Waals surface area contributed by atoms with E-state index < -0.39 is 0 Å². The van der Waals surface area contributed by atoms with Gasteiger partial charge in [-0.1, -0.05) is 6.92 Å². The van der Waals surface area contributed by atoms with E-state index >= 15 is 0 Å². The van der Waals surface area contributed by atoms with E-state index in [-0.39, 0.29) is 0 Å². The number of nitrogens with zero attached hydrogens (tertiary/aromatic N) is 2. The summed E-state index contributed by atoms with van der Waals surface area (Å²) in [6, 6.07) is 0. The minimum Gasteiger partial charge on any atom is -0.290 e. The Labute approximate surface area is 86.2 Å². The third-order valence-corrected chi connectivity index (χ3v) is 3.48. The molecule has 13 heavy (non-hydrogen) atoms. The van der Waals surface area contributed by atoms with Gasteiger partial charge >= 0.3 is 0 Å². The Hall–Kier alpha value is -0.540. The first-order valence-electron chi connectivity index (χ1n) is 4.28. The summed E-state index contributed by atoms with van der Waals surface area (Å²) in [7, 11) is 0. The van der Waals surface area contributed by atoms with Gasteiger partial charge in [-0.3, -0.25) is 4.40 Å². The zero-order chi connectivity index (χ0) is 9.42. The number of hydrogen-bond donors (Lipinski definition) is 0. The second-order valence-electron chi connectivity index (χ2n) is 2.96. The topological polar surface area (TPSA) is 17.3 Å². The number of fused-ring (bicyclic) bond motifs is 1. The van der Waals surface area contributed by atoms with Crippen molar-refractivity contribution < 1.29 is 0 Å². The van der Waals surface area contributed by atoms with Gasteiger partial charge in [0.05, 0.1) is 17.8 Å². The lowest BCUT2D eigenvalue weighted by Gasteiger charge is -1.98. The first-order valence-corrected chi connectivity index (χ1v) is 5.63. The SMILES string of the molecule is CCc1c(C)sc2ncc(CCl)n12. The smallest absolute Gasteiger partial charge is 0.194 e. The molecule has 0 saturated heterocycles. The Morgan fingerprint density at radius 1 is 1.62 bits per heavy atom. The van der Waals surface area contributed by atoms with E-state index in [2.05, 4.69) is 23.2 Å². The molecule has 70 valence electrons. The highest BCUT2D eigenvalue weighted by molar-refractivity contribution is 7.17. The first-order chi connectivity index (χ1) is 6.27. The summed E-state index contributed by atoms with van der Waals surface area (Å²) in [6.45, 7) is 4.29. The van der Waals surface area contributed by atoms with Gasteiger partial charge in [0.25, 0.3) is 0 Å². The zero-order valence-corrected chi connectivity index (χ0v) is 9.24. The Morgan fingerprint density at radius 3 is 3.00 bits per heavy atom. The molecule has 2 heterocycles. The molecular formula is C9H11ClN2S. The lowest BCUT2D eigenvalue weighted by atomic mass is 10.3. The normalized spacial score (nSPS) is 11.3. The molecule has 2 aromatic rings. The number of aryl methyl sites for hydroxylation is 2. The number of alkyl halides is 1. The van der Waals surface area contributed by atoms with Gasteiger partial charge in [0.15, 0.2) is 4.96 Å². The van der Waals surface area contributed by atoms with Gasteiger partial charge in [0.1, 0.15) is 0 Å². The number of thiazole rings is 1. The minimum atomic E-state index is 0.532. The summed E-state index contributed by atoms with van der Waals surface area (Å²) in [5, 5.41) is 0. The Bertz CT molecular complexity index is 430. The zero-order valence-electron chi connectivity index (χ0n) is 7.67. The van der Waals surface area contributed by atoms with Crippen LogP contribution in [-0.2, 0) is 12.3 Å². The van der Waals surface area contributed by atoms with Crippen molar-refractivity contribution in [3.8, 4) is 0 Å². The summed E-state index contributed by atoms with van der Waals surface area (Å²) < 4.78 is 2.17. The largest absolute Gasteiger partial charge is 0.290 e. The fourth-order valence-corrected chi connectivity index (χ4v) is 2.82. The van der Waals surface area contributed by atoms with Crippen LogP contribution < -0.4 is 0 Å². The van der Waals surface area contributed by atoms with E-state index in [1.807, 2.05) is 6.20 Å². The van der Waals surface area contributed by atoms with Crippen LogP contribution in [0.25, 0.3) is 4.96 Å². The predicted octanol–water partition coefficient (Wildman–Crippen LogP) is 3.01. The molecule has 0 radical (unpaired) electrons. The van der Waals surface area contributed by atoms with Gasteiger partial charge in [0.2, 0.25) is 0 Å². The van der Waals surface area contributed by atoms with Gasteiger partial charge in [-0.05, 0) is 13.3 Å². The van der Waals surface area contributed by atoms with Crippen molar-refractivity contribution in [2.75, 3.05) is 0 Å². The second kappa shape index (κ2) is 3.31. The molecule has 0 aliphatic carbocycles. The number of hydrogen-bond acceptors (Lipinski definition) is 2. The highest BCUT2D eigenvalue weighted by Crippen LogP contribution is 2.24. The van der Waals surface area contributed by atoms with Crippen LogP contribution >= 0.6 is 22.9 Å². The van der Waals surface area contributed by atoms with E-state index in [4.69, 9.17) is 11.6 Å². The molecule has 2 rings (SSSR count). The number of halogens is 1.